The van der Waals surface area contributed by atoms with E-state index >= 15 is 0 Å². The topological polar surface area (TPSA) is 63.5 Å². The molecule has 0 radical (unpaired) electrons. The maximum Gasteiger partial charge on any atom is 0.191 e. The molecule has 1 aromatic carbocycles. The standard InChI is InChI=1S/C20H29N5O/c1-15-13-23-25(14-15)11-7-10-22-19(21-4)24-17-12-20(2,3)26-18-9-6-5-8-16(17)18/h5-6,8-9,13-14,17H,7,10-12H2,1-4H3,(H2,21,22,24). The molecule has 1 aromatic heterocycles. The Morgan fingerprint density at radius 3 is 2.92 bits per heavy atom. The van der Waals surface area contributed by atoms with Crippen LogP contribution in [-0.2, 0) is 6.54 Å². The number of benzene rings is 1. The smallest absolute Gasteiger partial charge is 0.191 e. The SMILES string of the molecule is CN=C(NCCCn1cc(C)cn1)NC1CC(C)(C)Oc2ccccc21. The van der Waals surface area contributed by atoms with Crippen LogP contribution in [-0.4, -0.2) is 34.9 Å². The van der Waals surface area contributed by atoms with Gasteiger partial charge in [0.05, 0.1) is 12.2 Å². The van der Waals surface area contributed by atoms with Crippen LogP contribution in [0, 0.1) is 6.92 Å². The molecule has 0 saturated carbocycles. The molecular weight excluding hydrogens is 326 g/mol. The van der Waals surface area contributed by atoms with Crippen LogP contribution in [0.15, 0.2) is 41.7 Å². The van der Waals surface area contributed by atoms with Gasteiger partial charge in [0.2, 0.25) is 0 Å². The minimum absolute atomic E-state index is 0.176. The van der Waals surface area contributed by atoms with Crippen molar-refractivity contribution in [1.29, 1.82) is 0 Å². The fourth-order valence-electron chi connectivity index (χ4n) is 3.33. The number of ether oxygens (including phenoxy) is 1. The van der Waals surface area contributed by atoms with Crippen molar-refractivity contribution in [2.24, 2.45) is 4.99 Å². The molecule has 0 amide bonds. The van der Waals surface area contributed by atoms with Gasteiger partial charge in [-0.25, -0.2) is 0 Å². The highest BCUT2D eigenvalue weighted by Gasteiger charge is 2.33. The van der Waals surface area contributed by atoms with Gasteiger partial charge in [-0.3, -0.25) is 9.67 Å². The highest BCUT2D eigenvalue weighted by atomic mass is 16.5. The summed E-state index contributed by atoms with van der Waals surface area (Å²) >= 11 is 0. The molecule has 2 N–H and O–H groups in total. The van der Waals surface area contributed by atoms with Gasteiger partial charge in [-0.1, -0.05) is 18.2 Å². The summed E-state index contributed by atoms with van der Waals surface area (Å²) in [5, 5.41) is 11.3. The first kappa shape index (κ1) is 18.3. The van der Waals surface area contributed by atoms with Crippen molar-refractivity contribution in [3.8, 4) is 5.75 Å². The highest BCUT2D eigenvalue weighted by molar-refractivity contribution is 5.80. The van der Waals surface area contributed by atoms with Crippen molar-refractivity contribution < 1.29 is 4.74 Å². The van der Waals surface area contributed by atoms with Gasteiger partial charge in [-0.05, 0) is 38.8 Å². The highest BCUT2D eigenvalue weighted by Crippen LogP contribution is 2.39. The lowest BCUT2D eigenvalue weighted by atomic mass is 9.90. The van der Waals surface area contributed by atoms with Crippen LogP contribution in [0.5, 0.6) is 5.75 Å². The number of aromatic nitrogens is 2. The molecule has 6 nitrogen and oxygen atoms in total. The number of hydrogen-bond donors (Lipinski definition) is 2. The molecule has 2 aromatic rings. The van der Waals surface area contributed by atoms with Crippen molar-refractivity contribution in [3.63, 3.8) is 0 Å². The van der Waals surface area contributed by atoms with Crippen LogP contribution < -0.4 is 15.4 Å². The lowest BCUT2D eigenvalue weighted by Crippen LogP contribution is -2.45. The molecule has 1 atom stereocenters. The molecule has 26 heavy (non-hydrogen) atoms. The van der Waals surface area contributed by atoms with Gasteiger partial charge in [-0.15, -0.1) is 0 Å². The summed E-state index contributed by atoms with van der Waals surface area (Å²) in [7, 11) is 1.81. The van der Waals surface area contributed by atoms with E-state index in [1.807, 2.05) is 30.1 Å². The van der Waals surface area contributed by atoms with Crippen LogP contribution in [0.3, 0.4) is 0 Å². The van der Waals surface area contributed by atoms with Crippen LogP contribution in [0.4, 0.5) is 0 Å². The quantitative estimate of drug-likeness (QED) is 0.492. The largest absolute Gasteiger partial charge is 0.487 e. The van der Waals surface area contributed by atoms with E-state index in [2.05, 4.69) is 59.8 Å². The van der Waals surface area contributed by atoms with Gasteiger partial charge in [0.1, 0.15) is 11.4 Å². The molecule has 0 fully saturated rings. The summed E-state index contributed by atoms with van der Waals surface area (Å²) in [5.74, 6) is 1.77. The number of guanidine groups is 1. The van der Waals surface area contributed by atoms with E-state index in [1.54, 1.807) is 0 Å². The maximum atomic E-state index is 6.10. The van der Waals surface area contributed by atoms with E-state index in [9.17, 15) is 0 Å². The third-order valence-electron chi connectivity index (χ3n) is 4.53. The third-order valence-corrected chi connectivity index (χ3v) is 4.53. The summed E-state index contributed by atoms with van der Waals surface area (Å²) in [5.41, 5.74) is 2.17. The molecule has 1 aliphatic rings. The van der Waals surface area contributed by atoms with Gasteiger partial charge < -0.3 is 15.4 Å². The van der Waals surface area contributed by atoms with Gasteiger partial charge in [0, 0.05) is 38.3 Å². The zero-order valence-corrected chi connectivity index (χ0v) is 16.1. The van der Waals surface area contributed by atoms with Gasteiger partial charge >= 0.3 is 0 Å². The summed E-state index contributed by atoms with van der Waals surface area (Å²) in [6.07, 6.45) is 5.82. The average Bonchev–Trinajstić information content (AvgIpc) is 3.01. The molecule has 140 valence electrons. The number of aliphatic imine (C=N–C) groups is 1. The minimum Gasteiger partial charge on any atom is -0.487 e. The summed E-state index contributed by atoms with van der Waals surface area (Å²) in [6, 6.07) is 8.40. The van der Waals surface area contributed by atoms with Crippen molar-refractivity contribution in [1.82, 2.24) is 20.4 Å². The minimum atomic E-state index is -0.206. The maximum absolute atomic E-state index is 6.10. The fraction of sp³-hybridized carbons (Fsp3) is 0.500. The summed E-state index contributed by atoms with van der Waals surface area (Å²) in [4.78, 5) is 4.38. The Balaban J connectivity index is 1.56. The van der Waals surface area contributed by atoms with Crippen LogP contribution in [0.25, 0.3) is 0 Å². The normalized spacial score (nSPS) is 18.8. The second-order valence-corrected chi connectivity index (χ2v) is 7.43. The summed E-state index contributed by atoms with van der Waals surface area (Å²) in [6.45, 7) is 8.04. The second-order valence-electron chi connectivity index (χ2n) is 7.43. The molecule has 0 spiro atoms. The summed E-state index contributed by atoms with van der Waals surface area (Å²) < 4.78 is 8.08. The van der Waals surface area contributed by atoms with Crippen LogP contribution in [0.2, 0.25) is 0 Å². The number of aryl methyl sites for hydroxylation is 2. The Kier molecular flexibility index (Phi) is 5.49. The van der Waals surface area contributed by atoms with E-state index in [0.717, 1.165) is 37.6 Å². The molecule has 6 heteroatoms. The first-order valence-corrected chi connectivity index (χ1v) is 9.21. The number of rotatable bonds is 5. The van der Waals surface area contributed by atoms with Crippen molar-refractivity contribution in [2.45, 2.75) is 51.8 Å². The Hall–Kier alpha value is -2.50. The molecule has 0 aliphatic carbocycles. The Bertz CT molecular complexity index is 765. The molecule has 0 saturated heterocycles. The van der Waals surface area contributed by atoms with Gasteiger partial charge in [0.15, 0.2) is 5.96 Å². The lowest BCUT2D eigenvalue weighted by Gasteiger charge is -2.38. The number of fused-ring (bicyclic) bond motifs is 1. The van der Waals surface area contributed by atoms with E-state index in [0.29, 0.717) is 0 Å². The van der Waals surface area contributed by atoms with Crippen molar-refractivity contribution >= 4 is 5.96 Å². The Morgan fingerprint density at radius 1 is 1.38 bits per heavy atom. The van der Waals surface area contributed by atoms with Crippen LogP contribution >= 0.6 is 0 Å². The first-order valence-electron chi connectivity index (χ1n) is 9.21. The van der Waals surface area contributed by atoms with E-state index in [-0.39, 0.29) is 11.6 Å². The Labute approximate surface area is 155 Å². The van der Waals surface area contributed by atoms with Crippen LogP contribution in [0.1, 0.15) is 43.9 Å². The molecule has 1 unspecified atom stereocenters. The zero-order valence-electron chi connectivity index (χ0n) is 16.1. The third kappa shape index (κ3) is 4.56. The number of hydrogen-bond acceptors (Lipinski definition) is 3. The second kappa shape index (κ2) is 7.81. The molecule has 1 aliphatic heterocycles. The molecule has 2 heterocycles. The van der Waals surface area contributed by atoms with Crippen molar-refractivity contribution in [3.05, 3.63) is 47.8 Å². The van der Waals surface area contributed by atoms with E-state index in [4.69, 9.17) is 4.74 Å². The average molecular weight is 355 g/mol. The molecular formula is C20H29N5O. The van der Waals surface area contributed by atoms with E-state index < -0.39 is 0 Å². The van der Waals surface area contributed by atoms with Gasteiger partial charge in [-0.2, -0.15) is 5.10 Å². The number of nitrogens with zero attached hydrogens (tertiary/aromatic N) is 3. The number of nitrogens with one attached hydrogen (secondary N) is 2. The number of para-hydroxylation sites is 1. The van der Waals surface area contributed by atoms with Gasteiger partial charge in [0.25, 0.3) is 0 Å². The first-order chi connectivity index (χ1) is 12.5. The monoisotopic (exact) mass is 355 g/mol. The molecule has 0 bridgehead atoms. The molecule has 3 rings (SSSR count). The fourth-order valence-corrected chi connectivity index (χ4v) is 3.33. The van der Waals surface area contributed by atoms with Crippen molar-refractivity contribution in [2.75, 3.05) is 13.6 Å². The predicted molar refractivity (Wildman–Crippen MR) is 105 cm³/mol. The zero-order chi connectivity index (χ0) is 18.6. The lowest BCUT2D eigenvalue weighted by molar-refractivity contribution is 0.0694. The van der Waals surface area contributed by atoms with E-state index in [1.165, 1.54) is 11.1 Å². The predicted octanol–water partition coefficient (Wildman–Crippen LogP) is 3.05. The Morgan fingerprint density at radius 2 is 2.19 bits per heavy atom.